The molecule has 0 heterocycles. The Morgan fingerprint density at radius 1 is 1.22 bits per heavy atom. The molecular weight excluding hydrogens is 300 g/mol. The second-order valence-corrected chi connectivity index (χ2v) is 7.73. The maximum absolute atomic E-state index is 12.3. The molecule has 0 aromatic heterocycles. The minimum atomic E-state index is -1.19. The van der Waals surface area contributed by atoms with E-state index in [1.807, 2.05) is 0 Å². The number of carboxylic acids is 1. The summed E-state index contributed by atoms with van der Waals surface area (Å²) in [5.74, 6) is -2.38. The first-order valence-electron chi connectivity index (χ1n) is 7.85. The van der Waals surface area contributed by atoms with Crippen molar-refractivity contribution in [3.63, 3.8) is 0 Å². The number of rotatable bonds is 6. The molecule has 0 aromatic rings. The van der Waals surface area contributed by atoms with Gasteiger partial charge in [0, 0.05) is 10.8 Å². The fourth-order valence-corrected chi connectivity index (χ4v) is 3.16. The Balaban J connectivity index is 2.64. The zero-order chi connectivity index (χ0) is 18.0. The lowest BCUT2D eigenvalue weighted by Crippen LogP contribution is -2.50. The van der Waals surface area contributed by atoms with Gasteiger partial charge in [-0.05, 0) is 19.8 Å². The molecular formula is C16H28N2O5. The van der Waals surface area contributed by atoms with Crippen LogP contribution in [0.25, 0.3) is 0 Å². The molecule has 7 nitrogen and oxygen atoms in total. The average molecular weight is 328 g/mol. The molecule has 1 aliphatic rings. The number of esters is 1. The molecule has 1 amide bonds. The Hall–Kier alpha value is -1.63. The van der Waals surface area contributed by atoms with Crippen molar-refractivity contribution in [3.8, 4) is 0 Å². The Morgan fingerprint density at radius 3 is 2.13 bits per heavy atom. The molecule has 2 atom stereocenters. The van der Waals surface area contributed by atoms with Crippen molar-refractivity contribution < 1.29 is 24.2 Å². The van der Waals surface area contributed by atoms with Crippen molar-refractivity contribution in [2.45, 2.75) is 72.1 Å². The van der Waals surface area contributed by atoms with Crippen LogP contribution in [-0.4, -0.2) is 41.1 Å². The van der Waals surface area contributed by atoms with E-state index in [0.717, 1.165) is 12.8 Å². The maximum Gasteiger partial charge on any atom is 0.328 e. The van der Waals surface area contributed by atoms with Gasteiger partial charge in [0.15, 0.2) is 0 Å². The van der Waals surface area contributed by atoms with Gasteiger partial charge in [0.1, 0.15) is 12.1 Å². The predicted octanol–water partition coefficient (Wildman–Crippen LogP) is 1.05. The van der Waals surface area contributed by atoms with Gasteiger partial charge in [-0.15, -0.1) is 0 Å². The van der Waals surface area contributed by atoms with E-state index in [9.17, 15) is 14.4 Å². The van der Waals surface area contributed by atoms with Crippen molar-refractivity contribution in [1.82, 2.24) is 5.32 Å². The molecule has 1 aliphatic carbocycles. The van der Waals surface area contributed by atoms with Gasteiger partial charge >= 0.3 is 11.9 Å². The first-order chi connectivity index (χ1) is 10.4. The van der Waals surface area contributed by atoms with E-state index in [0.29, 0.717) is 0 Å². The number of nitrogens with one attached hydrogen (secondary N) is 1. The summed E-state index contributed by atoms with van der Waals surface area (Å²) < 4.78 is 5.65. The highest BCUT2D eigenvalue weighted by Crippen LogP contribution is 2.50. The van der Waals surface area contributed by atoms with Crippen molar-refractivity contribution in [2.24, 2.45) is 16.6 Å². The number of hydrogen-bond acceptors (Lipinski definition) is 5. The molecule has 1 rings (SSSR count). The van der Waals surface area contributed by atoms with Crippen molar-refractivity contribution >= 4 is 17.8 Å². The van der Waals surface area contributed by atoms with Crippen LogP contribution in [0.5, 0.6) is 0 Å². The summed E-state index contributed by atoms with van der Waals surface area (Å²) in [4.78, 5) is 34.6. The molecule has 0 aromatic carbocycles. The monoisotopic (exact) mass is 328 g/mol. The van der Waals surface area contributed by atoms with Crippen LogP contribution in [0.1, 0.15) is 53.9 Å². The Bertz CT molecular complexity index is 471. The van der Waals surface area contributed by atoms with E-state index in [2.05, 4.69) is 33.0 Å². The first kappa shape index (κ1) is 19.4. The molecule has 132 valence electrons. The first-order valence-corrected chi connectivity index (χ1v) is 7.85. The number of ether oxygens (including phenoxy) is 1. The average Bonchev–Trinajstić information content (AvgIpc) is 2.60. The SMILES string of the molecule is C[C@H](NC(=O)[C@@H](N)CC(=O)O)C(=O)OC1C(C)(C)CCC1(C)C. The van der Waals surface area contributed by atoms with Crippen LogP contribution in [0.15, 0.2) is 0 Å². The van der Waals surface area contributed by atoms with Crippen LogP contribution in [0.4, 0.5) is 0 Å². The van der Waals surface area contributed by atoms with Gasteiger partial charge in [-0.1, -0.05) is 27.7 Å². The molecule has 0 aliphatic heterocycles. The lowest BCUT2D eigenvalue weighted by Gasteiger charge is -2.35. The van der Waals surface area contributed by atoms with Crippen LogP contribution < -0.4 is 11.1 Å². The van der Waals surface area contributed by atoms with Gasteiger partial charge in [0.05, 0.1) is 12.5 Å². The van der Waals surface area contributed by atoms with Gasteiger partial charge in [-0.2, -0.15) is 0 Å². The van der Waals surface area contributed by atoms with Crippen molar-refractivity contribution in [2.75, 3.05) is 0 Å². The fraction of sp³-hybridized carbons (Fsp3) is 0.812. The molecule has 0 radical (unpaired) electrons. The highest BCUT2D eigenvalue weighted by molar-refractivity contribution is 5.89. The quantitative estimate of drug-likeness (QED) is 0.627. The zero-order valence-corrected chi connectivity index (χ0v) is 14.5. The normalized spacial score (nSPS) is 22.2. The predicted molar refractivity (Wildman–Crippen MR) is 84.5 cm³/mol. The smallest absolute Gasteiger partial charge is 0.328 e. The minimum absolute atomic E-state index is 0.122. The Kier molecular flexibility index (Phi) is 5.79. The third kappa shape index (κ3) is 4.92. The number of amides is 1. The molecule has 0 spiro atoms. The fourth-order valence-electron chi connectivity index (χ4n) is 3.16. The molecule has 0 bridgehead atoms. The summed E-state index contributed by atoms with van der Waals surface area (Å²) in [6.45, 7) is 9.75. The lowest BCUT2D eigenvalue weighted by molar-refractivity contribution is -0.163. The minimum Gasteiger partial charge on any atom is -0.481 e. The summed E-state index contributed by atoms with van der Waals surface area (Å²) in [5, 5.41) is 11.0. The molecule has 4 N–H and O–H groups in total. The molecule has 1 fully saturated rings. The molecule has 23 heavy (non-hydrogen) atoms. The van der Waals surface area contributed by atoms with E-state index >= 15 is 0 Å². The van der Waals surface area contributed by atoms with Crippen molar-refractivity contribution in [3.05, 3.63) is 0 Å². The second-order valence-electron chi connectivity index (χ2n) is 7.73. The van der Waals surface area contributed by atoms with Gasteiger partial charge < -0.3 is 20.9 Å². The standard InChI is InChI=1S/C16H28N2O5/c1-9(18-12(21)10(17)8-11(19)20)13(22)23-14-15(2,3)6-7-16(14,4)5/h9-10,14H,6-8,17H2,1-5H3,(H,18,21)(H,19,20)/t9-,10-/m0/s1. The maximum atomic E-state index is 12.3. The van der Waals surface area contributed by atoms with Crippen LogP contribution in [-0.2, 0) is 19.1 Å². The van der Waals surface area contributed by atoms with Gasteiger partial charge in [-0.25, -0.2) is 4.79 Å². The largest absolute Gasteiger partial charge is 0.481 e. The Labute approximate surface area is 136 Å². The van der Waals surface area contributed by atoms with Gasteiger partial charge in [0.2, 0.25) is 5.91 Å². The molecule has 0 unspecified atom stereocenters. The number of carboxylic acid groups (broad SMARTS) is 1. The van der Waals surface area contributed by atoms with E-state index in [1.165, 1.54) is 6.92 Å². The summed E-state index contributed by atoms with van der Waals surface area (Å²) in [5.41, 5.74) is 5.23. The second kappa shape index (κ2) is 6.86. The van der Waals surface area contributed by atoms with E-state index in [4.69, 9.17) is 15.6 Å². The molecule has 0 saturated heterocycles. The van der Waals surface area contributed by atoms with Crippen LogP contribution >= 0.6 is 0 Å². The number of aliphatic carboxylic acids is 1. The number of nitrogens with two attached hydrogens (primary N) is 1. The third-order valence-corrected chi connectivity index (χ3v) is 4.51. The van der Waals surface area contributed by atoms with E-state index in [-0.39, 0.29) is 16.9 Å². The van der Waals surface area contributed by atoms with Crippen LogP contribution in [0.3, 0.4) is 0 Å². The molecule has 1 saturated carbocycles. The third-order valence-electron chi connectivity index (χ3n) is 4.51. The lowest BCUT2D eigenvalue weighted by atomic mass is 9.81. The summed E-state index contributed by atoms with van der Waals surface area (Å²) >= 11 is 0. The van der Waals surface area contributed by atoms with Crippen molar-refractivity contribution in [1.29, 1.82) is 0 Å². The zero-order valence-electron chi connectivity index (χ0n) is 14.5. The highest BCUT2D eigenvalue weighted by atomic mass is 16.5. The van der Waals surface area contributed by atoms with E-state index < -0.39 is 36.4 Å². The Morgan fingerprint density at radius 2 is 1.70 bits per heavy atom. The summed E-state index contributed by atoms with van der Waals surface area (Å²) in [6, 6.07) is -2.07. The highest BCUT2D eigenvalue weighted by Gasteiger charge is 2.49. The topological polar surface area (TPSA) is 119 Å². The molecule has 7 heteroatoms. The van der Waals surface area contributed by atoms with Gasteiger partial charge in [0.25, 0.3) is 0 Å². The van der Waals surface area contributed by atoms with Gasteiger partial charge in [-0.3, -0.25) is 9.59 Å². The number of hydrogen-bond donors (Lipinski definition) is 3. The number of carbonyl (C=O) groups is 3. The van der Waals surface area contributed by atoms with Crippen LogP contribution in [0, 0.1) is 10.8 Å². The summed E-state index contributed by atoms with van der Waals surface area (Å²) in [7, 11) is 0. The van der Waals surface area contributed by atoms with E-state index in [1.54, 1.807) is 0 Å². The number of carbonyl (C=O) groups excluding carboxylic acids is 2. The van der Waals surface area contributed by atoms with Crippen LogP contribution in [0.2, 0.25) is 0 Å². The summed E-state index contributed by atoms with van der Waals surface area (Å²) in [6.07, 6.45) is 1.19.